The first-order chi connectivity index (χ1) is 15.8. The average Bonchev–Trinajstić information content (AvgIpc) is 3.03. The molecule has 1 unspecified atom stereocenters. The molecule has 0 radical (unpaired) electrons. The summed E-state index contributed by atoms with van der Waals surface area (Å²) in [6, 6.07) is 7.77. The minimum atomic E-state index is -0.806. The molecule has 0 saturated carbocycles. The second kappa shape index (κ2) is 10.2. The zero-order valence-corrected chi connectivity index (χ0v) is 20.2. The number of Topliss-reactive ketones (excluding diaryl/α,β-unsaturated/α-hetero) is 1. The fraction of sp³-hybridized carbons (Fsp3) is 0.360. The van der Waals surface area contributed by atoms with Gasteiger partial charge in [0.1, 0.15) is 11.5 Å². The Morgan fingerprint density at radius 1 is 1.09 bits per heavy atom. The highest BCUT2D eigenvalue weighted by Gasteiger charge is 2.46. The molecule has 2 aromatic carbocycles. The number of aryl methyl sites for hydroxylation is 1. The number of carbonyl (C=O) groups is 2. The fourth-order valence-corrected chi connectivity index (χ4v) is 4.44. The first-order valence-corrected chi connectivity index (χ1v) is 11.1. The highest BCUT2D eigenvalue weighted by atomic mass is 35.5. The van der Waals surface area contributed by atoms with Crippen molar-refractivity contribution in [3.8, 4) is 17.2 Å². The van der Waals surface area contributed by atoms with Crippen LogP contribution in [0.1, 0.15) is 43.0 Å². The summed E-state index contributed by atoms with van der Waals surface area (Å²) < 4.78 is 16.5. The number of ketones is 1. The number of nitrogens with zero attached hydrogens (tertiary/aromatic N) is 1. The Morgan fingerprint density at radius 3 is 2.42 bits per heavy atom. The minimum absolute atomic E-state index is 0.0268. The number of aliphatic hydroxyl groups is 1. The maximum atomic E-state index is 13.2. The topological polar surface area (TPSA) is 85.3 Å². The molecule has 0 bridgehead atoms. The van der Waals surface area contributed by atoms with Gasteiger partial charge in [0.15, 0.2) is 11.5 Å². The van der Waals surface area contributed by atoms with E-state index in [0.29, 0.717) is 41.7 Å². The van der Waals surface area contributed by atoms with Crippen molar-refractivity contribution in [1.29, 1.82) is 0 Å². The third-order valence-electron chi connectivity index (χ3n) is 5.45. The molecule has 1 atom stereocenters. The second-order valence-corrected chi connectivity index (χ2v) is 8.07. The van der Waals surface area contributed by atoms with E-state index in [1.165, 1.54) is 19.1 Å². The maximum absolute atomic E-state index is 13.2. The van der Waals surface area contributed by atoms with Gasteiger partial charge in [0.05, 0.1) is 43.0 Å². The van der Waals surface area contributed by atoms with Gasteiger partial charge in [-0.25, -0.2) is 0 Å². The highest BCUT2D eigenvalue weighted by Crippen LogP contribution is 2.44. The minimum Gasteiger partial charge on any atom is -0.507 e. The monoisotopic (exact) mass is 473 g/mol. The molecule has 33 heavy (non-hydrogen) atoms. The normalized spacial score (nSPS) is 17.4. The number of methoxy groups -OCH3 is 2. The van der Waals surface area contributed by atoms with Crippen LogP contribution in [0.4, 0.5) is 0 Å². The van der Waals surface area contributed by atoms with Gasteiger partial charge in [-0.1, -0.05) is 24.6 Å². The predicted molar refractivity (Wildman–Crippen MR) is 126 cm³/mol. The molecule has 1 aliphatic heterocycles. The number of rotatable bonds is 8. The molecule has 1 aliphatic rings. The maximum Gasteiger partial charge on any atom is 0.295 e. The fourth-order valence-electron chi connectivity index (χ4n) is 4.09. The van der Waals surface area contributed by atoms with Gasteiger partial charge in [0, 0.05) is 6.54 Å². The van der Waals surface area contributed by atoms with Gasteiger partial charge in [0.25, 0.3) is 11.7 Å². The van der Waals surface area contributed by atoms with Crippen LogP contribution in [-0.4, -0.2) is 49.1 Å². The van der Waals surface area contributed by atoms with Crippen LogP contribution in [0.15, 0.2) is 35.9 Å². The zero-order valence-electron chi connectivity index (χ0n) is 19.4. The molecule has 2 aromatic rings. The number of ether oxygens (including phenoxy) is 3. The summed E-state index contributed by atoms with van der Waals surface area (Å²) in [7, 11) is 2.97. The smallest absolute Gasteiger partial charge is 0.295 e. The quantitative estimate of drug-likeness (QED) is 0.333. The number of halogens is 1. The number of benzene rings is 2. The van der Waals surface area contributed by atoms with Crippen LogP contribution in [0, 0.1) is 6.92 Å². The van der Waals surface area contributed by atoms with E-state index in [0.717, 1.165) is 5.56 Å². The van der Waals surface area contributed by atoms with Crippen molar-refractivity contribution >= 4 is 29.1 Å². The van der Waals surface area contributed by atoms with Gasteiger partial charge in [-0.3, -0.25) is 9.59 Å². The van der Waals surface area contributed by atoms with E-state index in [9.17, 15) is 14.7 Å². The van der Waals surface area contributed by atoms with E-state index in [1.54, 1.807) is 30.3 Å². The number of hydrogen-bond acceptors (Lipinski definition) is 6. The van der Waals surface area contributed by atoms with E-state index in [2.05, 4.69) is 0 Å². The van der Waals surface area contributed by atoms with Gasteiger partial charge in [-0.05, 0) is 55.7 Å². The Bertz CT molecular complexity index is 1110. The van der Waals surface area contributed by atoms with E-state index < -0.39 is 17.7 Å². The first-order valence-electron chi connectivity index (χ1n) is 10.7. The van der Waals surface area contributed by atoms with Crippen molar-refractivity contribution in [2.75, 3.05) is 27.4 Å². The summed E-state index contributed by atoms with van der Waals surface area (Å²) in [5.74, 6) is -0.539. The summed E-state index contributed by atoms with van der Waals surface area (Å²) in [5.41, 5.74) is 1.61. The average molecular weight is 474 g/mol. The molecule has 1 amide bonds. The predicted octanol–water partition coefficient (Wildman–Crippen LogP) is 4.90. The third-order valence-corrected chi connectivity index (χ3v) is 5.74. The molecule has 176 valence electrons. The molecular formula is C25H28ClNO6. The van der Waals surface area contributed by atoms with Crippen LogP contribution < -0.4 is 14.2 Å². The van der Waals surface area contributed by atoms with Crippen LogP contribution >= 0.6 is 11.6 Å². The standard InChI is InChI=1S/C25H28ClNO6/c1-6-10-27-21(15-8-9-18(31-4)19(13-15)33-7-2)20(23(29)25(27)30)22(28)16-11-14(3)12-17(26)24(16)32-5/h8-9,11-13,21,28H,6-7,10H2,1-5H3/b22-20+. The van der Waals surface area contributed by atoms with Crippen molar-refractivity contribution in [2.45, 2.75) is 33.2 Å². The molecular weight excluding hydrogens is 446 g/mol. The van der Waals surface area contributed by atoms with Gasteiger partial charge in [-0.15, -0.1) is 0 Å². The van der Waals surface area contributed by atoms with E-state index >= 15 is 0 Å². The molecule has 8 heteroatoms. The van der Waals surface area contributed by atoms with Crippen molar-refractivity contribution in [2.24, 2.45) is 0 Å². The van der Waals surface area contributed by atoms with Crippen LogP contribution in [0.3, 0.4) is 0 Å². The van der Waals surface area contributed by atoms with Crippen LogP contribution in [0.2, 0.25) is 5.02 Å². The lowest BCUT2D eigenvalue weighted by Crippen LogP contribution is -2.30. The summed E-state index contributed by atoms with van der Waals surface area (Å²) in [6.07, 6.45) is 0.637. The number of carbonyl (C=O) groups excluding carboxylic acids is 2. The number of aliphatic hydroxyl groups excluding tert-OH is 1. The van der Waals surface area contributed by atoms with Gasteiger partial charge in [-0.2, -0.15) is 0 Å². The zero-order chi connectivity index (χ0) is 24.3. The van der Waals surface area contributed by atoms with Crippen LogP contribution in [0.25, 0.3) is 5.76 Å². The lowest BCUT2D eigenvalue weighted by atomic mass is 9.94. The second-order valence-electron chi connectivity index (χ2n) is 7.66. The lowest BCUT2D eigenvalue weighted by Gasteiger charge is -2.26. The Balaban J connectivity index is 2.29. The molecule has 1 heterocycles. The summed E-state index contributed by atoms with van der Waals surface area (Å²) >= 11 is 6.32. The summed E-state index contributed by atoms with van der Waals surface area (Å²) in [5, 5.41) is 11.6. The van der Waals surface area contributed by atoms with Gasteiger partial charge in [0.2, 0.25) is 0 Å². The van der Waals surface area contributed by atoms with E-state index in [1.807, 2.05) is 20.8 Å². The summed E-state index contributed by atoms with van der Waals surface area (Å²) in [6.45, 7) is 6.33. The van der Waals surface area contributed by atoms with Crippen molar-refractivity contribution < 1.29 is 28.9 Å². The Kier molecular flexibility index (Phi) is 7.53. The van der Waals surface area contributed by atoms with Gasteiger partial charge >= 0.3 is 0 Å². The molecule has 3 rings (SSSR count). The molecule has 0 aliphatic carbocycles. The van der Waals surface area contributed by atoms with Crippen molar-refractivity contribution in [3.05, 3.63) is 57.6 Å². The Labute approximate surface area is 198 Å². The first kappa shape index (κ1) is 24.5. The molecule has 1 fully saturated rings. The van der Waals surface area contributed by atoms with Crippen molar-refractivity contribution in [3.63, 3.8) is 0 Å². The molecule has 1 saturated heterocycles. The number of hydrogen-bond donors (Lipinski definition) is 1. The van der Waals surface area contributed by atoms with Crippen LogP contribution in [-0.2, 0) is 9.59 Å². The number of amides is 1. The van der Waals surface area contributed by atoms with Gasteiger partial charge < -0.3 is 24.2 Å². The lowest BCUT2D eigenvalue weighted by molar-refractivity contribution is -0.139. The molecule has 7 nitrogen and oxygen atoms in total. The Hall–Kier alpha value is -3.19. The third kappa shape index (κ3) is 4.50. The molecule has 1 N–H and O–H groups in total. The summed E-state index contributed by atoms with van der Waals surface area (Å²) in [4.78, 5) is 27.6. The highest BCUT2D eigenvalue weighted by molar-refractivity contribution is 6.46. The Morgan fingerprint density at radius 2 is 1.82 bits per heavy atom. The van der Waals surface area contributed by atoms with Crippen molar-refractivity contribution in [1.82, 2.24) is 4.90 Å². The van der Waals surface area contributed by atoms with E-state index in [4.69, 9.17) is 25.8 Å². The molecule has 0 aromatic heterocycles. The molecule has 0 spiro atoms. The van der Waals surface area contributed by atoms with Crippen LogP contribution in [0.5, 0.6) is 17.2 Å². The van der Waals surface area contributed by atoms with E-state index in [-0.39, 0.29) is 22.6 Å². The largest absolute Gasteiger partial charge is 0.507 e. The number of likely N-dealkylation sites (tertiary alicyclic amines) is 1. The SMILES string of the molecule is CCCN1C(=O)C(=O)/C(=C(/O)c2cc(C)cc(Cl)c2OC)C1c1ccc(OC)c(OCC)c1.